The van der Waals surface area contributed by atoms with E-state index in [1.807, 2.05) is 0 Å². The molecule has 10 heteroatoms. The van der Waals surface area contributed by atoms with Gasteiger partial charge in [-0.1, -0.05) is 6.42 Å². The highest BCUT2D eigenvalue weighted by atomic mass is 16.6. The second-order valence-corrected chi connectivity index (χ2v) is 4.79. The monoisotopic (exact) mass is 307 g/mol. The molecule has 3 rings (SSSR count). The van der Waals surface area contributed by atoms with E-state index in [1.165, 1.54) is 10.9 Å². The van der Waals surface area contributed by atoms with E-state index in [9.17, 15) is 15.0 Å². The molecule has 0 bridgehead atoms. The summed E-state index contributed by atoms with van der Waals surface area (Å²) in [6.07, 6.45) is 1.90. The molecule has 22 heavy (non-hydrogen) atoms. The summed E-state index contributed by atoms with van der Waals surface area (Å²) in [5, 5.41) is 29.0. The van der Waals surface area contributed by atoms with Crippen LogP contribution in [-0.4, -0.2) is 59.3 Å². The van der Waals surface area contributed by atoms with Crippen LogP contribution in [0.2, 0.25) is 0 Å². The summed E-state index contributed by atoms with van der Waals surface area (Å²) in [4.78, 5) is 19.3. The highest BCUT2D eigenvalue weighted by Crippen LogP contribution is 2.31. The number of anilines is 1. The predicted octanol–water partition coefficient (Wildman–Crippen LogP) is -2.77. The van der Waals surface area contributed by atoms with Crippen molar-refractivity contribution in [3.8, 4) is 12.5 Å². The number of ether oxygens (including phenoxy) is 1. The fourth-order valence-electron chi connectivity index (χ4n) is 2.47. The van der Waals surface area contributed by atoms with Crippen molar-refractivity contribution < 1.29 is 20.1 Å². The van der Waals surface area contributed by atoms with Crippen LogP contribution < -0.4 is 11.3 Å². The maximum atomic E-state index is 11.8. The molecule has 0 saturated carbocycles. The molecule has 0 aromatic carbocycles. The molecule has 0 spiro atoms. The summed E-state index contributed by atoms with van der Waals surface area (Å²) in [5.74, 6) is -0.214. The number of aromatic nitrogens is 4. The summed E-state index contributed by atoms with van der Waals surface area (Å²) < 4.78 is 7.75. The molecule has 2 aromatic rings. The Hall–Kier alpha value is -2.45. The maximum Gasteiger partial charge on any atom is 0.302 e. The summed E-state index contributed by atoms with van der Waals surface area (Å²) in [6, 6.07) is 2.25. The lowest BCUT2D eigenvalue weighted by molar-refractivity contribution is -0.0512. The molecule has 1 fully saturated rings. The van der Waals surface area contributed by atoms with Crippen molar-refractivity contribution in [1.29, 1.82) is 0 Å². The summed E-state index contributed by atoms with van der Waals surface area (Å²) >= 11 is 0. The van der Waals surface area contributed by atoms with E-state index < -0.39 is 36.7 Å². The number of nitrogens with two attached hydrogens (primary N) is 1. The lowest BCUT2D eigenvalue weighted by Crippen LogP contribution is -2.33. The molecule has 10 nitrogen and oxygen atoms in total. The Morgan fingerprint density at radius 3 is 2.77 bits per heavy atom. The molecule has 0 radical (unpaired) electrons. The molecular formula is C12H13N5O5. The van der Waals surface area contributed by atoms with Crippen LogP contribution in [0.3, 0.4) is 0 Å². The van der Waals surface area contributed by atoms with E-state index in [2.05, 4.69) is 16.0 Å². The number of aliphatic hydroxyl groups is 3. The van der Waals surface area contributed by atoms with Crippen LogP contribution in [0.25, 0.3) is 11.2 Å². The minimum atomic E-state index is -1.34. The van der Waals surface area contributed by atoms with Crippen molar-refractivity contribution in [2.24, 2.45) is 0 Å². The second kappa shape index (κ2) is 5.08. The summed E-state index contributed by atoms with van der Waals surface area (Å²) in [6.45, 7) is -0.479. The molecule has 1 saturated heterocycles. The summed E-state index contributed by atoms with van der Waals surface area (Å²) in [5.41, 5.74) is 4.99. The van der Waals surface area contributed by atoms with E-state index >= 15 is 0 Å². The zero-order chi connectivity index (χ0) is 16.0. The Labute approximate surface area is 123 Å². The zero-order valence-electron chi connectivity index (χ0n) is 11.2. The van der Waals surface area contributed by atoms with Crippen LogP contribution in [-0.2, 0) is 4.74 Å². The molecule has 3 heterocycles. The molecular weight excluding hydrogens is 294 g/mol. The SMILES string of the molecule is C#Cn1c(N)nc(=O)c2ncn([C@@H]3O[C@H](CO)C(O)C3O)c21. The fraction of sp³-hybridized carbons (Fsp3) is 0.417. The number of nitrogen functional groups attached to an aromatic ring is 1. The molecule has 1 aliphatic heterocycles. The van der Waals surface area contributed by atoms with Crippen molar-refractivity contribution in [3.63, 3.8) is 0 Å². The first-order valence-electron chi connectivity index (χ1n) is 6.33. The smallest absolute Gasteiger partial charge is 0.302 e. The highest BCUT2D eigenvalue weighted by molar-refractivity contribution is 5.73. The van der Waals surface area contributed by atoms with Crippen LogP contribution in [0.5, 0.6) is 0 Å². The molecule has 1 aliphatic rings. The van der Waals surface area contributed by atoms with Crippen LogP contribution in [0.4, 0.5) is 5.95 Å². The molecule has 0 amide bonds. The van der Waals surface area contributed by atoms with E-state index in [1.54, 1.807) is 0 Å². The topological polar surface area (TPSA) is 149 Å². The van der Waals surface area contributed by atoms with Crippen molar-refractivity contribution in [3.05, 3.63) is 16.7 Å². The van der Waals surface area contributed by atoms with Crippen molar-refractivity contribution in [1.82, 2.24) is 19.1 Å². The van der Waals surface area contributed by atoms with Crippen LogP contribution in [0.1, 0.15) is 6.23 Å². The normalized spacial score (nSPS) is 28.1. The van der Waals surface area contributed by atoms with Gasteiger partial charge in [-0.25, -0.2) is 9.55 Å². The van der Waals surface area contributed by atoms with Crippen LogP contribution >= 0.6 is 0 Å². The Kier molecular flexibility index (Phi) is 3.34. The van der Waals surface area contributed by atoms with Crippen molar-refractivity contribution in [2.75, 3.05) is 12.3 Å². The number of hydrogen-bond acceptors (Lipinski definition) is 8. The first-order chi connectivity index (χ1) is 10.5. The van der Waals surface area contributed by atoms with E-state index in [4.69, 9.17) is 22.0 Å². The number of nitrogens with zero attached hydrogens (tertiary/aromatic N) is 4. The average molecular weight is 307 g/mol. The van der Waals surface area contributed by atoms with Gasteiger partial charge < -0.3 is 25.8 Å². The second-order valence-electron chi connectivity index (χ2n) is 4.79. The number of rotatable bonds is 2. The van der Waals surface area contributed by atoms with Crippen LogP contribution in [0, 0.1) is 12.5 Å². The largest absolute Gasteiger partial charge is 0.394 e. The Morgan fingerprint density at radius 2 is 2.18 bits per heavy atom. The van der Waals surface area contributed by atoms with Gasteiger partial charge in [0.15, 0.2) is 17.4 Å². The molecule has 4 atom stereocenters. The number of imidazole rings is 1. The third-order valence-corrected chi connectivity index (χ3v) is 3.55. The van der Waals surface area contributed by atoms with Gasteiger partial charge in [-0.3, -0.25) is 9.36 Å². The van der Waals surface area contributed by atoms with Gasteiger partial charge in [0.25, 0.3) is 0 Å². The highest BCUT2D eigenvalue weighted by Gasteiger charge is 2.44. The fourth-order valence-corrected chi connectivity index (χ4v) is 2.47. The first-order valence-corrected chi connectivity index (χ1v) is 6.33. The zero-order valence-corrected chi connectivity index (χ0v) is 11.2. The first kappa shape index (κ1) is 14.5. The van der Waals surface area contributed by atoms with Crippen LogP contribution in [0.15, 0.2) is 11.1 Å². The average Bonchev–Trinajstić information content (AvgIpc) is 3.03. The standard InChI is InChI=1S/C12H13N5O5/c1-2-16-10-6(9(21)15-12(16)13)14-4-17(10)11-8(20)7(19)5(3-18)22-11/h1,4-5,7-8,11,18-20H,3H2,(H2,13,15,21)/t5-,7?,8?,11-/m1/s1. The Bertz CT molecular complexity index is 822. The van der Waals surface area contributed by atoms with E-state index in [0.29, 0.717) is 0 Å². The number of fused-ring (bicyclic) bond motifs is 1. The minimum Gasteiger partial charge on any atom is -0.394 e. The molecule has 5 N–H and O–H groups in total. The van der Waals surface area contributed by atoms with Gasteiger partial charge in [-0.15, -0.1) is 0 Å². The minimum absolute atomic E-state index is 0.0510. The Balaban J connectivity index is 2.21. The van der Waals surface area contributed by atoms with Crippen molar-refractivity contribution >= 4 is 17.1 Å². The maximum absolute atomic E-state index is 11.8. The predicted molar refractivity (Wildman–Crippen MR) is 73.4 cm³/mol. The molecule has 2 aromatic heterocycles. The third kappa shape index (κ3) is 1.88. The molecule has 116 valence electrons. The number of aliphatic hydroxyl groups excluding tert-OH is 3. The van der Waals surface area contributed by atoms with Gasteiger partial charge in [-0.2, -0.15) is 4.98 Å². The molecule has 2 unspecified atom stereocenters. The van der Waals surface area contributed by atoms with Gasteiger partial charge in [0.05, 0.1) is 12.9 Å². The number of hydrogen-bond donors (Lipinski definition) is 4. The van der Waals surface area contributed by atoms with Gasteiger partial charge in [0.1, 0.15) is 18.3 Å². The Morgan fingerprint density at radius 1 is 1.45 bits per heavy atom. The van der Waals surface area contributed by atoms with Gasteiger partial charge >= 0.3 is 5.56 Å². The van der Waals surface area contributed by atoms with E-state index in [-0.39, 0.29) is 17.1 Å². The third-order valence-electron chi connectivity index (χ3n) is 3.55. The van der Waals surface area contributed by atoms with Gasteiger partial charge in [-0.05, 0) is 0 Å². The molecule has 0 aliphatic carbocycles. The van der Waals surface area contributed by atoms with Gasteiger partial charge in [0, 0.05) is 6.04 Å². The lowest BCUT2D eigenvalue weighted by atomic mass is 10.1. The summed E-state index contributed by atoms with van der Waals surface area (Å²) in [7, 11) is 0. The van der Waals surface area contributed by atoms with Crippen molar-refractivity contribution in [2.45, 2.75) is 24.5 Å². The number of terminal acetylenes is 1. The van der Waals surface area contributed by atoms with Gasteiger partial charge in [0.2, 0.25) is 5.95 Å². The lowest BCUT2D eigenvalue weighted by Gasteiger charge is -2.18. The van der Waals surface area contributed by atoms with E-state index in [0.717, 1.165) is 4.57 Å². The quantitative estimate of drug-likeness (QED) is 0.435.